The molecule has 33 heavy (non-hydrogen) atoms. The largest absolute Gasteiger partial charge is 0.573 e. The van der Waals surface area contributed by atoms with E-state index >= 15 is 0 Å². The Morgan fingerprint density at radius 2 is 1.85 bits per heavy atom. The van der Waals surface area contributed by atoms with Gasteiger partial charge in [0.1, 0.15) is 5.75 Å². The summed E-state index contributed by atoms with van der Waals surface area (Å²) in [7, 11) is 0. The predicted octanol–water partition coefficient (Wildman–Crippen LogP) is 3.52. The molecule has 0 aromatic heterocycles. The number of nitrogens with zero attached hydrogens (tertiary/aromatic N) is 3. The first-order chi connectivity index (χ1) is 15.8. The van der Waals surface area contributed by atoms with Crippen molar-refractivity contribution in [3.63, 3.8) is 0 Å². The normalized spacial score (nSPS) is 29.1. The van der Waals surface area contributed by atoms with Crippen LogP contribution in [0.3, 0.4) is 0 Å². The maximum Gasteiger partial charge on any atom is 0.573 e. The van der Waals surface area contributed by atoms with Gasteiger partial charge in [-0.25, -0.2) is 0 Å². The Bertz CT molecular complexity index is 900. The number of amides is 2. The molecular formula is C24H30F3N3O3. The van der Waals surface area contributed by atoms with Crippen molar-refractivity contribution in [3.8, 4) is 5.75 Å². The molecule has 2 amide bonds. The zero-order valence-corrected chi connectivity index (χ0v) is 18.6. The van der Waals surface area contributed by atoms with Gasteiger partial charge in [-0.15, -0.1) is 13.2 Å². The molecule has 0 saturated carbocycles. The summed E-state index contributed by atoms with van der Waals surface area (Å²) >= 11 is 0. The predicted molar refractivity (Wildman–Crippen MR) is 115 cm³/mol. The summed E-state index contributed by atoms with van der Waals surface area (Å²) in [5, 5.41) is 0. The second-order valence-electron chi connectivity index (χ2n) is 9.92. The lowest BCUT2D eigenvalue weighted by Crippen LogP contribution is -2.62. The maximum atomic E-state index is 12.9. The van der Waals surface area contributed by atoms with E-state index in [4.69, 9.17) is 0 Å². The monoisotopic (exact) mass is 465 g/mol. The van der Waals surface area contributed by atoms with Crippen LogP contribution in [-0.2, 0) is 4.79 Å². The van der Waals surface area contributed by atoms with Gasteiger partial charge in [0.2, 0.25) is 5.91 Å². The molecular weight excluding hydrogens is 435 g/mol. The van der Waals surface area contributed by atoms with Crippen molar-refractivity contribution >= 4 is 11.8 Å². The molecule has 4 fully saturated rings. The number of carbonyl (C=O) groups is 2. The van der Waals surface area contributed by atoms with E-state index < -0.39 is 6.36 Å². The Morgan fingerprint density at radius 3 is 2.61 bits per heavy atom. The van der Waals surface area contributed by atoms with E-state index in [2.05, 4.69) is 14.5 Å². The number of fused-ring (bicyclic) bond motifs is 4. The van der Waals surface area contributed by atoms with Crippen molar-refractivity contribution in [2.45, 2.75) is 57.0 Å². The summed E-state index contributed by atoms with van der Waals surface area (Å²) in [6, 6.07) is 6.09. The zero-order valence-electron chi connectivity index (χ0n) is 18.6. The molecule has 4 heterocycles. The zero-order chi connectivity index (χ0) is 23.2. The summed E-state index contributed by atoms with van der Waals surface area (Å²) in [5.41, 5.74) is 0.213. The number of hydrogen-bond donors (Lipinski definition) is 0. The number of hydrogen-bond acceptors (Lipinski definition) is 4. The fourth-order valence-electron chi connectivity index (χ4n) is 6.39. The second kappa shape index (κ2) is 8.81. The van der Waals surface area contributed by atoms with E-state index in [-0.39, 0.29) is 17.2 Å². The number of benzene rings is 1. The highest BCUT2D eigenvalue weighted by atomic mass is 19.4. The third kappa shape index (κ3) is 4.83. The smallest absolute Gasteiger partial charge is 0.406 e. The first kappa shape index (κ1) is 22.5. The molecule has 4 saturated heterocycles. The minimum absolute atomic E-state index is 0.213. The lowest BCUT2D eigenvalue weighted by molar-refractivity contribution is -0.274. The van der Waals surface area contributed by atoms with Crippen LogP contribution in [-0.4, -0.2) is 77.7 Å². The van der Waals surface area contributed by atoms with Crippen molar-refractivity contribution < 1.29 is 27.5 Å². The minimum Gasteiger partial charge on any atom is -0.406 e. The minimum atomic E-state index is -4.78. The molecule has 9 heteroatoms. The van der Waals surface area contributed by atoms with Crippen LogP contribution in [0.4, 0.5) is 13.2 Å². The highest BCUT2D eigenvalue weighted by Gasteiger charge is 2.45. The van der Waals surface area contributed by atoms with Crippen molar-refractivity contribution in [1.82, 2.24) is 14.7 Å². The van der Waals surface area contributed by atoms with Crippen LogP contribution < -0.4 is 4.74 Å². The fourth-order valence-corrected chi connectivity index (χ4v) is 6.39. The quantitative estimate of drug-likeness (QED) is 0.686. The number of piperidine rings is 4. The number of alkyl halides is 3. The van der Waals surface area contributed by atoms with Gasteiger partial charge in [-0.1, -0.05) is 6.07 Å². The number of halogens is 3. The number of ether oxygens (including phenoxy) is 1. The molecule has 1 aromatic rings. The van der Waals surface area contributed by atoms with Gasteiger partial charge < -0.3 is 14.5 Å². The van der Waals surface area contributed by atoms with Gasteiger partial charge in [0.25, 0.3) is 5.91 Å². The first-order valence-corrected chi connectivity index (χ1v) is 12.0. The molecule has 180 valence electrons. The summed E-state index contributed by atoms with van der Waals surface area (Å²) in [6.45, 7) is 4.08. The Hall–Kier alpha value is -2.29. The number of likely N-dealkylation sites (tertiary alicyclic amines) is 2. The van der Waals surface area contributed by atoms with Crippen LogP contribution in [0, 0.1) is 11.8 Å². The van der Waals surface area contributed by atoms with Gasteiger partial charge in [-0.3, -0.25) is 14.5 Å². The molecule has 4 aliphatic rings. The lowest BCUT2D eigenvalue weighted by Gasteiger charge is -2.54. The Morgan fingerprint density at radius 1 is 1.06 bits per heavy atom. The molecule has 1 aromatic carbocycles. The third-order valence-corrected chi connectivity index (χ3v) is 7.79. The van der Waals surface area contributed by atoms with Gasteiger partial charge in [0, 0.05) is 56.8 Å². The second-order valence-corrected chi connectivity index (χ2v) is 9.92. The van der Waals surface area contributed by atoms with Crippen molar-refractivity contribution in [2.24, 2.45) is 11.8 Å². The van der Waals surface area contributed by atoms with Crippen molar-refractivity contribution in [3.05, 3.63) is 29.8 Å². The topological polar surface area (TPSA) is 53.1 Å². The highest BCUT2D eigenvalue weighted by molar-refractivity contribution is 5.94. The highest BCUT2D eigenvalue weighted by Crippen LogP contribution is 2.39. The molecule has 2 unspecified atom stereocenters. The number of rotatable bonds is 3. The Kier molecular flexibility index (Phi) is 6.01. The standard InChI is InChI=1S/C24H30F3N3O3/c25-24(26,27)33-20-4-1-3-17(12-20)23(32)28-9-7-19(8-10-28)29-13-16-11-18(15-29)21-5-2-6-22(31)30(21)14-16/h1,3-4,12,16,18-19,21H,2,5-11,13-15H2/t16?,18?,21-/m1/s1. The Balaban J connectivity index is 1.18. The fraction of sp³-hybridized carbons (Fsp3) is 0.667. The van der Waals surface area contributed by atoms with E-state index in [1.165, 1.54) is 24.6 Å². The van der Waals surface area contributed by atoms with Gasteiger partial charge in [0.05, 0.1) is 0 Å². The lowest BCUT2D eigenvalue weighted by atomic mass is 9.75. The Labute approximate surface area is 191 Å². The summed E-state index contributed by atoms with van der Waals surface area (Å²) in [4.78, 5) is 31.7. The first-order valence-electron chi connectivity index (χ1n) is 12.0. The van der Waals surface area contributed by atoms with Crippen LogP contribution >= 0.6 is 0 Å². The van der Waals surface area contributed by atoms with Crippen molar-refractivity contribution in [2.75, 3.05) is 32.7 Å². The van der Waals surface area contributed by atoms with Gasteiger partial charge in [-0.05, 0) is 62.1 Å². The maximum absolute atomic E-state index is 12.9. The van der Waals surface area contributed by atoms with Crippen molar-refractivity contribution in [1.29, 1.82) is 0 Å². The van der Waals surface area contributed by atoms with E-state index in [1.54, 1.807) is 4.90 Å². The van der Waals surface area contributed by atoms with E-state index in [0.717, 1.165) is 51.4 Å². The summed E-state index contributed by atoms with van der Waals surface area (Å²) in [5.74, 6) is 0.757. The molecule has 5 rings (SSSR count). The molecule has 0 spiro atoms. The third-order valence-electron chi connectivity index (χ3n) is 7.79. The van der Waals surface area contributed by atoms with Gasteiger partial charge in [-0.2, -0.15) is 0 Å². The summed E-state index contributed by atoms with van der Waals surface area (Å²) < 4.78 is 41.5. The number of carbonyl (C=O) groups excluding carboxylic acids is 2. The molecule has 0 N–H and O–H groups in total. The van der Waals surface area contributed by atoms with Crippen LogP contribution in [0.1, 0.15) is 48.9 Å². The van der Waals surface area contributed by atoms with Gasteiger partial charge >= 0.3 is 6.36 Å². The molecule has 4 aliphatic heterocycles. The molecule has 6 nitrogen and oxygen atoms in total. The molecule has 0 radical (unpaired) electrons. The van der Waals surface area contributed by atoms with E-state index in [9.17, 15) is 22.8 Å². The average molecular weight is 466 g/mol. The van der Waals surface area contributed by atoms with Crippen LogP contribution in [0.5, 0.6) is 5.75 Å². The molecule has 3 atom stereocenters. The van der Waals surface area contributed by atoms with Crippen LogP contribution in [0.2, 0.25) is 0 Å². The van der Waals surface area contributed by atoms with Crippen LogP contribution in [0.25, 0.3) is 0 Å². The van der Waals surface area contributed by atoms with Gasteiger partial charge in [0.15, 0.2) is 0 Å². The molecule has 0 aliphatic carbocycles. The molecule has 2 bridgehead atoms. The summed E-state index contributed by atoms with van der Waals surface area (Å²) in [6.07, 6.45) is 0.942. The average Bonchev–Trinajstić information content (AvgIpc) is 2.78. The van der Waals surface area contributed by atoms with E-state index in [1.807, 2.05) is 0 Å². The van der Waals surface area contributed by atoms with Crippen LogP contribution in [0.15, 0.2) is 24.3 Å². The SMILES string of the molecule is O=C(c1cccc(OC(F)(F)F)c1)N1CCC(N2CC3CC(C2)[C@H]2CCCC(=O)N2C3)CC1. The van der Waals surface area contributed by atoms with E-state index in [0.29, 0.717) is 49.3 Å².